The average molecular weight is 601 g/mol. The summed E-state index contributed by atoms with van der Waals surface area (Å²) < 4.78 is 79.5. The number of rotatable bonds is 2. The summed E-state index contributed by atoms with van der Waals surface area (Å²) >= 11 is 1.39. The van der Waals surface area contributed by atoms with Gasteiger partial charge in [0.2, 0.25) is 0 Å². The number of halogens is 6. The van der Waals surface area contributed by atoms with Crippen LogP contribution in [0.15, 0.2) is 45.3 Å². The van der Waals surface area contributed by atoms with Gasteiger partial charge in [0.05, 0.1) is 22.8 Å². The first kappa shape index (κ1) is 31.6. The Balaban J connectivity index is 0.000000212. The van der Waals surface area contributed by atoms with Crippen LogP contribution >= 0.6 is 11.8 Å². The maximum absolute atomic E-state index is 14.3. The predicted molar refractivity (Wildman–Crippen MR) is 144 cm³/mol. The Hall–Kier alpha value is -3.88. The molecule has 3 aromatic heterocycles. The number of aromatic amines is 1. The molecule has 0 saturated heterocycles. The first-order valence-corrected chi connectivity index (χ1v) is 13.5. The number of anilines is 1. The lowest BCUT2D eigenvalue weighted by molar-refractivity contribution is -0.138. The van der Waals surface area contributed by atoms with Gasteiger partial charge < -0.3 is 10.3 Å². The Morgan fingerprint density at radius 3 is 1.98 bits per heavy atom. The monoisotopic (exact) mass is 600 g/mol. The van der Waals surface area contributed by atoms with E-state index >= 15 is 0 Å². The molecule has 0 atom stereocenters. The Bertz CT molecular complexity index is 1610. The third-order valence-electron chi connectivity index (χ3n) is 6.08. The van der Waals surface area contributed by atoms with Crippen molar-refractivity contribution in [3.05, 3.63) is 74.6 Å². The van der Waals surface area contributed by atoms with E-state index in [4.69, 9.17) is 5.73 Å². The van der Waals surface area contributed by atoms with Crippen LogP contribution in [0.2, 0.25) is 0 Å². The standard InChI is InChI=1S/C15H10F3N3OS.C6H12.C5H4F3N3O/c1-21-6-10(16)8-3-9(12(17)13(18)11(8)15(21)22)14-19-4-7(23-2)5-20-14;1-2-4-6-5-3-1;6-5(7,8)3-2(9)1-10-11-4(3)12/h3-6H,1-2H3;1-6H2;1H,(H3,9,11,12). The normalized spacial score (nSPS) is 13.2. The fourth-order valence-corrected chi connectivity index (χ4v) is 4.30. The molecule has 0 aliphatic heterocycles. The molecule has 15 heteroatoms. The van der Waals surface area contributed by atoms with E-state index in [-0.39, 0.29) is 16.8 Å². The summed E-state index contributed by atoms with van der Waals surface area (Å²) in [5.74, 6) is -3.60. The van der Waals surface area contributed by atoms with E-state index in [1.54, 1.807) is 5.10 Å². The topological polar surface area (TPSA) is 120 Å². The van der Waals surface area contributed by atoms with Crippen molar-refractivity contribution in [3.63, 3.8) is 0 Å². The molecular weight excluding hydrogens is 574 g/mol. The number of pyridine rings is 1. The molecule has 3 heterocycles. The highest BCUT2D eigenvalue weighted by Crippen LogP contribution is 2.30. The van der Waals surface area contributed by atoms with Gasteiger partial charge in [-0.25, -0.2) is 28.2 Å². The van der Waals surface area contributed by atoms with Gasteiger partial charge >= 0.3 is 6.18 Å². The molecule has 8 nitrogen and oxygen atoms in total. The molecule has 1 saturated carbocycles. The number of H-pyrrole nitrogens is 1. The van der Waals surface area contributed by atoms with Gasteiger partial charge in [0, 0.05) is 35.9 Å². The lowest BCUT2D eigenvalue weighted by Crippen LogP contribution is -2.24. The summed E-state index contributed by atoms with van der Waals surface area (Å²) in [6.07, 6.45) is 10.7. The number of nitrogens with zero attached hydrogens (tertiary/aromatic N) is 4. The van der Waals surface area contributed by atoms with Crippen molar-refractivity contribution in [2.45, 2.75) is 49.6 Å². The molecule has 0 bridgehead atoms. The number of fused-ring (bicyclic) bond motifs is 1. The van der Waals surface area contributed by atoms with Crippen LogP contribution in [0.4, 0.5) is 32.0 Å². The van der Waals surface area contributed by atoms with Crippen molar-refractivity contribution in [2.75, 3.05) is 12.0 Å². The van der Waals surface area contributed by atoms with Gasteiger partial charge in [-0.2, -0.15) is 18.3 Å². The first-order valence-electron chi connectivity index (χ1n) is 12.3. The van der Waals surface area contributed by atoms with E-state index in [0.29, 0.717) is 0 Å². The van der Waals surface area contributed by atoms with Gasteiger partial charge in [-0.05, 0) is 12.3 Å². The van der Waals surface area contributed by atoms with Gasteiger partial charge in [-0.1, -0.05) is 38.5 Å². The number of hydrogen-bond acceptors (Lipinski definition) is 7. The second-order valence-corrected chi connectivity index (χ2v) is 9.84. The minimum absolute atomic E-state index is 0.0822. The van der Waals surface area contributed by atoms with Crippen LogP contribution in [0.1, 0.15) is 44.1 Å². The van der Waals surface area contributed by atoms with Gasteiger partial charge in [-0.15, -0.1) is 11.8 Å². The third kappa shape index (κ3) is 7.65. The molecule has 5 rings (SSSR count). The zero-order valence-corrected chi connectivity index (χ0v) is 22.8. The zero-order chi connectivity index (χ0) is 30.3. The van der Waals surface area contributed by atoms with Crippen molar-refractivity contribution >= 4 is 28.2 Å². The average Bonchev–Trinajstić information content (AvgIpc) is 2.94. The van der Waals surface area contributed by atoms with Gasteiger partial charge in [0.15, 0.2) is 17.5 Å². The maximum Gasteiger partial charge on any atom is 0.423 e. The fourth-order valence-electron chi connectivity index (χ4n) is 3.99. The first-order chi connectivity index (χ1) is 19.4. The molecule has 3 N–H and O–H groups in total. The fraction of sp³-hybridized carbons (Fsp3) is 0.346. The minimum Gasteiger partial charge on any atom is -0.397 e. The Morgan fingerprint density at radius 2 is 1.51 bits per heavy atom. The van der Waals surface area contributed by atoms with Crippen LogP contribution in [-0.4, -0.2) is 31.0 Å². The molecule has 1 aliphatic carbocycles. The molecule has 0 amide bonds. The molecule has 41 heavy (non-hydrogen) atoms. The highest BCUT2D eigenvalue weighted by atomic mass is 32.2. The van der Waals surface area contributed by atoms with Crippen molar-refractivity contribution in [2.24, 2.45) is 7.05 Å². The second kappa shape index (κ2) is 13.7. The van der Waals surface area contributed by atoms with Crippen molar-refractivity contribution in [3.8, 4) is 11.4 Å². The van der Waals surface area contributed by atoms with Gasteiger partial charge in [0.25, 0.3) is 11.1 Å². The summed E-state index contributed by atoms with van der Waals surface area (Å²) in [4.78, 5) is 31.2. The number of nitrogens with one attached hydrogen (secondary N) is 1. The van der Waals surface area contributed by atoms with Crippen LogP contribution in [0.25, 0.3) is 22.2 Å². The number of nitrogens with two attached hydrogens (primary N) is 1. The lowest BCUT2D eigenvalue weighted by Gasteiger charge is -2.09. The Morgan fingerprint density at radius 1 is 0.951 bits per heavy atom. The van der Waals surface area contributed by atoms with E-state index in [1.807, 2.05) is 6.26 Å². The van der Waals surface area contributed by atoms with E-state index in [1.165, 1.54) is 69.7 Å². The smallest absolute Gasteiger partial charge is 0.397 e. The van der Waals surface area contributed by atoms with Crippen LogP contribution in [-0.2, 0) is 13.2 Å². The number of thioether (sulfide) groups is 1. The van der Waals surface area contributed by atoms with E-state index in [0.717, 1.165) is 27.9 Å². The zero-order valence-electron chi connectivity index (χ0n) is 22.0. The molecule has 1 fully saturated rings. The number of nitrogen functional groups attached to an aromatic ring is 1. The molecule has 0 unspecified atom stereocenters. The summed E-state index contributed by atoms with van der Waals surface area (Å²) in [5, 5.41) is 3.80. The van der Waals surface area contributed by atoms with Crippen LogP contribution < -0.4 is 16.9 Å². The van der Waals surface area contributed by atoms with Gasteiger partial charge in [-0.3, -0.25) is 9.59 Å². The molecular formula is C26H26F6N6O2S. The SMILES string of the molecule is C1CCCCC1.CSc1cnc(-c2cc3c(F)cn(C)c(=O)c3c(F)c2F)nc1.Nc1cn[nH]c(=O)c1C(F)(F)F. The highest BCUT2D eigenvalue weighted by Gasteiger charge is 2.36. The number of aromatic nitrogens is 5. The molecule has 1 aromatic carbocycles. The van der Waals surface area contributed by atoms with E-state index in [2.05, 4.69) is 15.1 Å². The second-order valence-electron chi connectivity index (χ2n) is 8.96. The number of hydrogen-bond donors (Lipinski definition) is 2. The van der Waals surface area contributed by atoms with Crippen molar-refractivity contribution in [1.29, 1.82) is 0 Å². The summed E-state index contributed by atoms with van der Waals surface area (Å²) in [6, 6.07) is 1.05. The number of aryl methyl sites for hydroxylation is 1. The number of benzene rings is 1. The summed E-state index contributed by atoms with van der Waals surface area (Å²) in [7, 11) is 1.26. The minimum atomic E-state index is -4.74. The molecule has 0 spiro atoms. The van der Waals surface area contributed by atoms with Crippen molar-refractivity contribution in [1.82, 2.24) is 24.7 Å². The Kier molecular flexibility index (Phi) is 10.5. The van der Waals surface area contributed by atoms with Crippen LogP contribution in [0.5, 0.6) is 0 Å². The summed E-state index contributed by atoms with van der Waals surface area (Å²) in [5.41, 5.74) is 0.381. The quantitative estimate of drug-likeness (QED) is 0.219. The predicted octanol–water partition coefficient (Wildman–Crippen LogP) is 5.85. The van der Waals surface area contributed by atoms with Crippen molar-refractivity contribution < 1.29 is 26.3 Å². The number of alkyl halides is 3. The summed E-state index contributed by atoms with van der Waals surface area (Å²) in [6.45, 7) is 0. The van der Waals surface area contributed by atoms with E-state index < -0.39 is 51.4 Å². The molecule has 0 radical (unpaired) electrons. The Labute approximate surface area is 234 Å². The van der Waals surface area contributed by atoms with Gasteiger partial charge in [0.1, 0.15) is 11.4 Å². The molecule has 1 aliphatic rings. The van der Waals surface area contributed by atoms with E-state index in [9.17, 15) is 35.9 Å². The third-order valence-corrected chi connectivity index (χ3v) is 6.76. The molecule has 4 aromatic rings. The largest absolute Gasteiger partial charge is 0.423 e. The van der Waals surface area contributed by atoms with Crippen LogP contribution in [0.3, 0.4) is 0 Å². The highest BCUT2D eigenvalue weighted by molar-refractivity contribution is 7.98. The lowest BCUT2D eigenvalue weighted by atomic mass is 10.0. The molecule has 220 valence electrons. The van der Waals surface area contributed by atoms with Crippen LogP contribution in [0, 0.1) is 17.5 Å². The maximum atomic E-state index is 14.3.